The minimum Gasteiger partial charge on any atom is -0.462 e. The number of aliphatic hydroxyl groups excluding tert-OH is 1. The topological polar surface area (TPSA) is 237 Å². The van der Waals surface area contributed by atoms with Crippen LogP contribution in [0.5, 0.6) is 0 Å². The highest BCUT2D eigenvalue weighted by atomic mass is 31.2. The predicted octanol–water partition coefficient (Wildman–Crippen LogP) is 21.4. The molecule has 0 radical (unpaired) electrons. The van der Waals surface area contributed by atoms with Crippen LogP contribution in [0.3, 0.4) is 0 Å². The summed E-state index contributed by atoms with van der Waals surface area (Å²) in [6.45, 7) is 11.9. The van der Waals surface area contributed by atoms with Gasteiger partial charge in [0.1, 0.15) is 19.3 Å². The standard InChI is InChI=1S/C74H144O17P2/c1-8-10-11-12-13-14-19-26-34-41-48-55-71(76)84-62-70(91-74(79)58-51-44-37-30-29-33-40-47-54-67(7)9-2)64-89-93(82,83)87-60-68(75)59-86-92(80,81)88-63-69(61-85-72(77)56-49-42-35-27-23-18-21-25-32-39-46-53-66(5)6)90-73(78)57-50-43-36-28-22-17-15-16-20-24-31-38-45-52-65(3)4/h65-70,75H,8-64H2,1-7H3,(H,80,81)(H,82,83)/t67?,68-,69-,70-/m1/s1. The third-order valence-corrected chi connectivity index (χ3v) is 19.4. The highest BCUT2D eigenvalue weighted by Gasteiger charge is 2.30. The first-order valence-electron chi connectivity index (χ1n) is 38.4. The molecule has 0 amide bonds. The number of rotatable bonds is 72. The van der Waals surface area contributed by atoms with Crippen molar-refractivity contribution in [2.24, 2.45) is 17.8 Å². The van der Waals surface area contributed by atoms with Gasteiger partial charge in [-0.1, -0.05) is 325 Å². The number of hydrogen-bond acceptors (Lipinski definition) is 15. The summed E-state index contributed by atoms with van der Waals surface area (Å²) in [4.78, 5) is 72.7. The van der Waals surface area contributed by atoms with Crippen LogP contribution in [-0.2, 0) is 65.4 Å². The van der Waals surface area contributed by atoms with Crippen molar-refractivity contribution in [3.05, 3.63) is 0 Å². The van der Waals surface area contributed by atoms with E-state index in [1.54, 1.807) is 0 Å². The molecule has 0 saturated carbocycles. The molecular weight excluding hydrogens is 1220 g/mol. The third kappa shape index (κ3) is 67.0. The number of esters is 4. The molecule has 0 aromatic carbocycles. The van der Waals surface area contributed by atoms with Gasteiger partial charge >= 0.3 is 39.5 Å². The van der Waals surface area contributed by atoms with E-state index in [0.29, 0.717) is 25.7 Å². The van der Waals surface area contributed by atoms with Gasteiger partial charge in [-0.3, -0.25) is 37.3 Å². The molecule has 3 unspecified atom stereocenters. The molecule has 93 heavy (non-hydrogen) atoms. The zero-order chi connectivity index (χ0) is 68.7. The van der Waals surface area contributed by atoms with Crippen molar-refractivity contribution in [3.63, 3.8) is 0 Å². The summed E-state index contributed by atoms with van der Waals surface area (Å²) in [6.07, 6.45) is 49.8. The summed E-state index contributed by atoms with van der Waals surface area (Å²) in [5.74, 6) is 0.207. The maximum atomic E-state index is 13.1. The first-order chi connectivity index (χ1) is 44.8. The van der Waals surface area contributed by atoms with Gasteiger partial charge in [0.15, 0.2) is 12.2 Å². The number of ether oxygens (including phenoxy) is 4. The summed E-state index contributed by atoms with van der Waals surface area (Å²) in [5, 5.41) is 10.6. The monoisotopic (exact) mass is 1370 g/mol. The zero-order valence-electron chi connectivity index (χ0n) is 60.7. The summed E-state index contributed by atoms with van der Waals surface area (Å²) in [7, 11) is -9.91. The second-order valence-corrected chi connectivity index (χ2v) is 30.8. The molecule has 19 heteroatoms. The minimum atomic E-state index is -4.96. The predicted molar refractivity (Wildman–Crippen MR) is 377 cm³/mol. The van der Waals surface area contributed by atoms with E-state index in [2.05, 4.69) is 48.5 Å². The molecule has 0 aliphatic carbocycles. The highest BCUT2D eigenvalue weighted by molar-refractivity contribution is 7.47. The van der Waals surface area contributed by atoms with E-state index in [0.717, 1.165) is 108 Å². The van der Waals surface area contributed by atoms with Crippen molar-refractivity contribution in [1.82, 2.24) is 0 Å². The largest absolute Gasteiger partial charge is 0.472 e. The summed E-state index contributed by atoms with van der Waals surface area (Å²) >= 11 is 0. The highest BCUT2D eigenvalue weighted by Crippen LogP contribution is 2.45. The van der Waals surface area contributed by atoms with Crippen LogP contribution in [-0.4, -0.2) is 96.7 Å². The molecule has 552 valence electrons. The quantitative estimate of drug-likeness (QED) is 0.0222. The molecular formula is C74H144O17P2. The summed E-state index contributed by atoms with van der Waals surface area (Å²) < 4.78 is 68.5. The number of hydrogen-bond donors (Lipinski definition) is 3. The van der Waals surface area contributed by atoms with Gasteiger partial charge in [0, 0.05) is 25.7 Å². The van der Waals surface area contributed by atoms with Crippen LogP contribution in [0.25, 0.3) is 0 Å². The second kappa shape index (κ2) is 64.7. The maximum Gasteiger partial charge on any atom is 0.472 e. The first kappa shape index (κ1) is 91.1. The Morgan fingerprint density at radius 1 is 0.312 bits per heavy atom. The fourth-order valence-electron chi connectivity index (χ4n) is 11.2. The molecule has 6 atom stereocenters. The fourth-order valence-corrected chi connectivity index (χ4v) is 12.8. The number of unbranched alkanes of at least 4 members (excludes halogenated alkanes) is 39. The van der Waals surface area contributed by atoms with Crippen LogP contribution in [0.4, 0.5) is 0 Å². The second-order valence-electron chi connectivity index (χ2n) is 27.9. The number of phosphoric acid groups is 2. The van der Waals surface area contributed by atoms with Gasteiger partial charge in [0.2, 0.25) is 0 Å². The van der Waals surface area contributed by atoms with E-state index in [9.17, 15) is 43.2 Å². The molecule has 3 N–H and O–H groups in total. The van der Waals surface area contributed by atoms with Gasteiger partial charge in [-0.25, -0.2) is 9.13 Å². The van der Waals surface area contributed by atoms with Crippen molar-refractivity contribution in [3.8, 4) is 0 Å². The maximum absolute atomic E-state index is 13.1. The number of aliphatic hydroxyl groups is 1. The van der Waals surface area contributed by atoms with Crippen LogP contribution < -0.4 is 0 Å². The molecule has 0 rings (SSSR count). The Morgan fingerprint density at radius 2 is 0.548 bits per heavy atom. The summed E-state index contributed by atoms with van der Waals surface area (Å²) in [5.41, 5.74) is 0. The van der Waals surface area contributed by atoms with E-state index in [1.165, 1.54) is 186 Å². The molecule has 0 spiro atoms. The molecule has 0 saturated heterocycles. The van der Waals surface area contributed by atoms with Crippen LogP contribution in [0, 0.1) is 17.8 Å². The van der Waals surface area contributed by atoms with Gasteiger partial charge in [0.25, 0.3) is 0 Å². The van der Waals surface area contributed by atoms with Gasteiger partial charge < -0.3 is 33.8 Å². The van der Waals surface area contributed by atoms with Gasteiger partial charge in [-0.15, -0.1) is 0 Å². The van der Waals surface area contributed by atoms with Crippen LogP contribution in [0.2, 0.25) is 0 Å². The lowest BCUT2D eigenvalue weighted by Crippen LogP contribution is -2.30. The Hall–Kier alpha value is -1.94. The number of phosphoric ester groups is 2. The Kier molecular flexibility index (Phi) is 63.4. The Morgan fingerprint density at radius 3 is 0.817 bits per heavy atom. The molecule has 0 heterocycles. The Bertz CT molecular complexity index is 1820. The van der Waals surface area contributed by atoms with Gasteiger partial charge in [-0.2, -0.15) is 0 Å². The van der Waals surface area contributed by atoms with Crippen molar-refractivity contribution in [2.45, 2.75) is 394 Å². The van der Waals surface area contributed by atoms with Crippen LogP contribution in [0.15, 0.2) is 0 Å². The molecule has 0 fully saturated rings. The van der Waals surface area contributed by atoms with E-state index >= 15 is 0 Å². The average molecular weight is 1370 g/mol. The summed E-state index contributed by atoms with van der Waals surface area (Å²) in [6, 6.07) is 0. The van der Waals surface area contributed by atoms with Crippen molar-refractivity contribution < 1.29 is 80.2 Å². The number of carbonyl (C=O) groups is 4. The van der Waals surface area contributed by atoms with Crippen molar-refractivity contribution in [2.75, 3.05) is 39.6 Å². The number of carbonyl (C=O) groups excluding carboxylic acids is 4. The van der Waals surface area contributed by atoms with E-state index in [1.807, 2.05) is 0 Å². The van der Waals surface area contributed by atoms with E-state index < -0.39 is 97.5 Å². The molecule has 0 bridgehead atoms. The third-order valence-electron chi connectivity index (χ3n) is 17.5. The lowest BCUT2D eigenvalue weighted by atomic mass is 9.99. The molecule has 0 aliphatic rings. The zero-order valence-corrected chi connectivity index (χ0v) is 62.5. The Labute approximate surface area is 568 Å². The molecule has 0 aliphatic heterocycles. The normalized spacial score (nSPS) is 14.4. The van der Waals surface area contributed by atoms with Crippen LogP contribution >= 0.6 is 15.6 Å². The fraction of sp³-hybridized carbons (Fsp3) is 0.946. The Balaban J connectivity index is 5.26. The SMILES string of the molecule is CCCCCCCCCCCCCC(=O)OC[C@H](COP(=O)(O)OC[C@H](O)COP(=O)(O)OC[C@@H](COC(=O)CCCCCCCCCCCCCC(C)C)OC(=O)CCCCCCCCCCCCCCCC(C)C)OC(=O)CCCCCCCCCCC(C)CC. The molecule has 17 nitrogen and oxygen atoms in total. The van der Waals surface area contributed by atoms with Crippen molar-refractivity contribution >= 4 is 39.5 Å². The molecule has 0 aromatic heterocycles. The lowest BCUT2D eigenvalue weighted by Gasteiger charge is -2.21. The minimum absolute atomic E-state index is 0.105. The van der Waals surface area contributed by atoms with Gasteiger partial charge in [-0.05, 0) is 43.4 Å². The lowest BCUT2D eigenvalue weighted by molar-refractivity contribution is -0.161. The van der Waals surface area contributed by atoms with Gasteiger partial charge in [0.05, 0.1) is 26.4 Å². The van der Waals surface area contributed by atoms with Crippen LogP contribution in [0.1, 0.15) is 376 Å². The molecule has 0 aromatic rings. The van der Waals surface area contributed by atoms with Crippen molar-refractivity contribution in [1.29, 1.82) is 0 Å². The average Bonchev–Trinajstić information content (AvgIpc) is 1.67. The van der Waals surface area contributed by atoms with E-state index in [-0.39, 0.29) is 25.7 Å². The first-order valence-corrected chi connectivity index (χ1v) is 41.4. The van der Waals surface area contributed by atoms with E-state index in [4.69, 9.17) is 37.0 Å². The smallest absolute Gasteiger partial charge is 0.462 e.